The van der Waals surface area contributed by atoms with Gasteiger partial charge in [-0.05, 0) is 66.6 Å². The highest BCUT2D eigenvalue weighted by molar-refractivity contribution is 8.18. The van der Waals surface area contributed by atoms with Crippen LogP contribution in [0.4, 0.5) is 9.18 Å². The Kier molecular flexibility index (Phi) is 7.53. The van der Waals surface area contributed by atoms with Crippen LogP contribution in [0.1, 0.15) is 31.4 Å². The molecule has 0 saturated carbocycles. The molecule has 0 aromatic heterocycles. The van der Waals surface area contributed by atoms with Gasteiger partial charge in [-0.1, -0.05) is 25.1 Å². The van der Waals surface area contributed by atoms with Crippen LogP contribution in [-0.4, -0.2) is 39.8 Å². The number of aliphatic carboxylic acids is 1. The molecule has 7 nitrogen and oxygen atoms in total. The third-order valence-corrected chi connectivity index (χ3v) is 5.52. The fraction of sp³-hybridized carbons (Fsp3) is 0.261. The van der Waals surface area contributed by atoms with Gasteiger partial charge in [-0.25, -0.2) is 9.18 Å². The fourth-order valence-corrected chi connectivity index (χ4v) is 3.84. The number of carboxylic acid groups (broad SMARTS) is 1. The monoisotopic (exact) mass is 459 g/mol. The first-order valence-electron chi connectivity index (χ1n) is 9.98. The molecule has 1 atom stereocenters. The number of rotatable bonds is 9. The maximum Gasteiger partial charge on any atom is 0.344 e. The van der Waals surface area contributed by atoms with Crippen molar-refractivity contribution in [2.75, 3.05) is 6.61 Å². The van der Waals surface area contributed by atoms with Gasteiger partial charge in [0.15, 0.2) is 17.6 Å². The summed E-state index contributed by atoms with van der Waals surface area (Å²) in [5.74, 6) is -1.29. The summed E-state index contributed by atoms with van der Waals surface area (Å²) in [7, 11) is 0. The van der Waals surface area contributed by atoms with Crippen molar-refractivity contribution in [1.29, 1.82) is 0 Å². The van der Waals surface area contributed by atoms with Crippen molar-refractivity contribution in [3.8, 4) is 11.5 Å². The van der Waals surface area contributed by atoms with Crippen molar-refractivity contribution in [2.45, 2.75) is 32.9 Å². The molecular weight excluding hydrogens is 437 g/mol. The highest BCUT2D eigenvalue weighted by atomic mass is 32.2. The number of ether oxygens (including phenoxy) is 2. The van der Waals surface area contributed by atoms with Crippen LogP contribution in [0.3, 0.4) is 0 Å². The van der Waals surface area contributed by atoms with E-state index in [9.17, 15) is 23.9 Å². The van der Waals surface area contributed by atoms with E-state index in [0.717, 1.165) is 16.7 Å². The minimum atomic E-state index is -1.08. The van der Waals surface area contributed by atoms with Crippen LogP contribution < -0.4 is 9.47 Å². The molecule has 32 heavy (non-hydrogen) atoms. The van der Waals surface area contributed by atoms with Crippen molar-refractivity contribution < 1.29 is 33.4 Å². The highest BCUT2D eigenvalue weighted by Gasteiger charge is 2.35. The van der Waals surface area contributed by atoms with Crippen LogP contribution >= 0.6 is 11.8 Å². The normalized spacial score (nSPS) is 15.8. The van der Waals surface area contributed by atoms with Gasteiger partial charge in [0, 0.05) is 0 Å². The van der Waals surface area contributed by atoms with E-state index in [4.69, 9.17) is 9.47 Å². The van der Waals surface area contributed by atoms with E-state index in [-0.39, 0.29) is 23.6 Å². The second kappa shape index (κ2) is 10.3. The number of hydrogen-bond acceptors (Lipinski definition) is 6. The SMILES string of the molecule is CCOc1cc(/C=C2/SC(=O)N(Cc3ccc(F)cc3)C2=O)ccc1OC(CC)C(=O)O. The molecule has 1 aliphatic heterocycles. The zero-order valence-corrected chi connectivity index (χ0v) is 18.4. The molecule has 1 unspecified atom stereocenters. The maximum absolute atomic E-state index is 13.1. The van der Waals surface area contributed by atoms with E-state index in [0.29, 0.717) is 23.5 Å². The number of imide groups is 1. The van der Waals surface area contributed by atoms with Crippen LogP contribution in [0.25, 0.3) is 6.08 Å². The lowest BCUT2D eigenvalue weighted by atomic mass is 10.1. The minimum Gasteiger partial charge on any atom is -0.490 e. The number of carbonyl (C=O) groups is 3. The third-order valence-electron chi connectivity index (χ3n) is 4.61. The van der Waals surface area contributed by atoms with Crippen molar-refractivity contribution >= 4 is 35.0 Å². The van der Waals surface area contributed by atoms with Crippen molar-refractivity contribution in [3.05, 3.63) is 64.3 Å². The highest BCUT2D eigenvalue weighted by Crippen LogP contribution is 2.35. The third kappa shape index (κ3) is 5.47. The molecule has 1 aliphatic rings. The molecule has 1 N–H and O–H groups in total. The largest absolute Gasteiger partial charge is 0.490 e. The Bertz CT molecular complexity index is 1050. The lowest BCUT2D eigenvalue weighted by molar-refractivity contribution is -0.145. The number of benzene rings is 2. The molecular formula is C23H22FNO6S. The molecule has 2 amide bonds. The molecule has 1 saturated heterocycles. The summed E-state index contributed by atoms with van der Waals surface area (Å²) < 4.78 is 24.2. The van der Waals surface area contributed by atoms with E-state index in [1.54, 1.807) is 38.1 Å². The maximum atomic E-state index is 13.1. The van der Waals surface area contributed by atoms with Crippen LogP contribution in [0.5, 0.6) is 11.5 Å². The molecule has 2 aromatic carbocycles. The summed E-state index contributed by atoms with van der Waals surface area (Å²) in [6.45, 7) is 3.87. The van der Waals surface area contributed by atoms with Gasteiger partial charge >= 0.3 is 5.97 Å². The van der Waals surface area contributed by atoms with Crippen molar-refractivity contribution in [2.24, 2.45) is 0 Å². The second-order valence-corrected chi connectivity index (χ2v) is 7.88. The Morgan fingerprint density at radius 3 is 2.50 bits per heavy atom. The summed E-state index contributed by atoms with van der Waals surface area (Å²) in [4.78, 5) is 37.7. The summed E-state index contributed by atoms with van der Waals surface area (Å²) in [6.07, 6.45) is 0.836. The van der Waals surface area contributed by atoms with Gasteiger partial charge in [-0.2, -0.15) is 0 Å². The molecule has 9 heteroatoms. The summed E-state index contributed by atoms with van der Waals surface area (Å²) >= 11 is 0.815. The first-order valence-corrected chi connectivity index (χ1v) is 10.8. The molecule has 0 radical (unpaired) electrons. The zero-order valence-electron chi connectivity index (χ0n) is 17.5. The number of nitrogens with zero attached hydrogens (tertiary/aromatic N) is 1. The van der Waals surface area contributed by atoms with Crippen LogP contribution in [0.15, 0.2) is 47.4 Å². The van der Waals surface area contributed by atoms with Gasteiger partial charge in [-0.15, -0.1) is 0 Å². The van der Waals surface area contributed by atoms with E-state index in [1.165, 1.54) is 24.3 Å². The lowest BCUT2D eigenvalue weighted by Crippen LogP contribution is -2.27. The van der Waals surface area contributed by atoms with Gasteiger partial charge in [0.25, 0.3) is 11.1 Å². The predicted octanol–water partition coefficient (Wildman–Crippen LogP) is 4.70. The summed E-state index contributed by atoms with van der Waals surface area (Å²) in [5, 5.41) is 8.81. The Morgan fingerprint density at radius 2 is 1.88 bits per heavy atom. The molecule has 0 spiro atoms. The lowest BCUT2D eigenvalue weighted by Gasteiger charge is -2.17. The first-order chi connectivity index (χ1) is 15.3. The van der Waals surface area contributed by atoms with Gasteiger partial charge in [-0.3, -0.25) is 14.5 Å². The van der Waals surface area contributed by atoms with Gasteiger partial charge in [0.1, 0.15) is 5.82 Å². The fourth-order valence-electron chi connectivity index (χ4n) is 3.00. The van der Waals surface area contributed by atoms with Gasteiger partial charge in [0.05, 0.1) is 18.1 Å². The molecule has 0 bridgehead atoms. The summed E-state index contributed by atoms with van der Waals surface area (Å²) in [5.41, 5.74) is 1.23. The Balaban J connectivity index is 1.81. The number of thioether (sulfide) groups is 1. The standard InChI is InChI=1S/C23H22FNO6S/c1-3-17(22(27)28)31-18-10-7-15(11-19(18)30-4-2)12-20-21(26)25(23(29)32-20)13-14-5-8-16(24)9-6-14/h5-12,17H,3-4,13H2,1-2H3,(H,27,28)/b20-12+. The Labute approximate surface area is 188 Å². The number of carbonyl (C=O) groups excluding carboxylic acids is 2. The molecule has 168 valence electrons. The molecule has 0 aliphatic carbocycles. The van der Waals surface area contributed by atoms with E-state index >= 15 is 0 Å². The van der Waals surface area contributed by atoms with Crippen LogP contribution in [0.2, 0.25) is 0 Å². The number of amides is 2. The van der Waals surface area contributed by atoms with Gasteiger partial charge in [0.2, 0.25) is 0 Å². The van der Waals surface area contributed by atoms with Gasteiger partial charge < -0.3 is 14.6 Å². The van der Waals surface area contributed by atoms with Crippen molar-refractivity contribution in [3.63, 3.8) is 0 Å². The average Bonchev–Trinajstić information content (AvgIpc) is 3.02. The topological polar surface area (TPSA) is 93.1 Å². The minimum absolute atomic E-state index is 0.0485. The van der Waals surface area contributed by atoms with E-state index < -0.39 is 29.0 Å². The summed E-state index contributed by atoms with van der Waals surface area (Å²) in [6, 6.07) is 10.5. The molecule has 2 aromatic rings. The van der Waals surface area contributed by atoms with E-state index in [2.05, 4.69) is 0 Å². The zero-order chi connectivity index (χ0) is 23.3. The average molecular weight is 459 g/mol. The van der Waals surface area contributed by atoms with Crippen LogP contribution in [0, 0.1) is 5.82 Å². The second-order valence-electron chi connectivity index (χ2n) is 6.89. The number of carboxylic acids is 1. The molecule has 3 rings (SSSR count). The number of hydrogen-bond donors (Lipinski definition) is 1. The van der Waals surface area contributed by atoms with Crippen LogP contribution in [-0.2, 0) is 16.1 Å². The quantitative estimate of drug-likeness (QED) is 0.543. The first kappa shape index (κ1) is 23.3. The smallest absolute Gasteiger partial charge is 0.344 e. The predicted molar refractivity (Wildman–Crippen MR) is 118 cm³/mol. The Hall–Kier alpha value is -3.33. The Morgan fingerprint density at radius 1 is 1.16 bits per heavy atom. The number of halogens is 1. The molecule has 1 heterocycles. The van der Waals surface area contributed by atoms with E-state index in [1.807, 2.05) is 0 Å². The molecule has 1 fully saturated rings. The van der Waals surface area contributed by atoms with Crippen molar-refractivity contribution in [1.82, 2.24) is 4.90 Å².